The highest BCUT2D eigenvalue weighted by molar-refractivity contribution is 6.33. The van der Waals surface area contributed by atoms with Crippen LogP contribution < -0.4 is 5.32 Å². The Labute approximate surface area is 124 Å². The molecule has 0 spiro atoms. The first-order chi connectivity index (χ1) is 9.77. The van der Waals surface area contributed by atoms with Crippen LogP contribution in [0.15, 0.2) is 12.5 Å². The van der Waals surface area contributed by atoms with Crippen LogP contribution in [0.1, 0.15) is 49.0 Å². The van der Waals surface area contributed by atoms with Gasteiger partial charge in [0.25, 0.3) is 5.91 Å². The zero-order valence-corrected chi connectivity index (χ0v) is 12.2. The molecule has 1 saturated carbocycles. The lowest BCUT2D eigenvalue weighted by Crippen LogP contribution is -2.29. The smallest absolute Gasteiger partial charge is 0.271 e. The number of carbonyl (C=O) groups excluding carboxylic acids is 1. The van der Waals surface area contributed by atoms with Crippen molar-refractivity contribution in [3.63, 3.8) is 0 Å². The summed E-state index contributed by atoms with van der Waals surface area (Å²) in [5, 5.41) is 3.02. The minimum Gasteiger partial charge on any atom is -0.376 e. The molecule has 1 heterocycles. The molecule has 20 heavy (non-hydrogen) atoms. The lowest BCUT2D eigenvalue weighted by atomic mass is 10.1. The molecule has 0 bridgehead atoms. The third kappa shape index (κ3) is 4.72. The molecule has 0 aliphatic heterocycles. The summed E-state index contributed by atoms with van der Waals surface area (Å²) in [5.41, 5.74) is 0.205. The topological polar surface area (TPSA) is 64.1 Å². The number of amides is 1. The third-order valence-corrected chi connectivity index (χ3v) is 3.70. The van der Waals surface area contributed by atoms with E-state index in [0.29, 0.717) is 19.3 Å². The highest BCUT2D eigenvalue weighted by Crippen LogP contribution is 2.19. The van der Waals surface area contributed by atoms with Gasteiger partial charge in [0.15, 0.2) is 0 Å². The summed E-state index contributed by atoms with van der Waals surface area (Å²) in [4.78, 5) is 19.4. The van der Waals surface area contributed by atoms with Crippen molar-refractivity contribution in [3.8, 4) is 0 Å². The number of nitrogens with one attached hydrogen (secondary N) is 1. The zero-order chi connectivity index (χ0) is 14.2. The molecule has 1 aromatic rings. The minimum absolute atomic E-state index is 0.205. The number of carbonyl (C=O) groups is 1. The maximum atomic E-state index is 11.8. The van der Waals surface area contributed by atoms with Crippen LogP contribution in [0.4, 0.5) is 0 Å². The molecule has 110 valence electrons. The maximum Gasteiger partial charge on any atom is 0.271 e. The van der Waals surface area contributed by atoms with Crippen molar-refractivity contribution in [1.82, 2.24) is 15.3 Å². The number of nitrogens with zero attached hydrogens (tertiary/aromatic N) is 2. The minimum atomic E-state index is -0.290. The van der Waals surface area contributed by atoms with Crippen LogP contribution in [0.25, 0.3) is 0 Å². The second-order valence-electron chi connectivity index (χ2n) is 4.96. The largest absolute Gasteiger partial charge is 0.376 e. The van der Waals surface area contributed by atoms with E-state index in [2.05, 4.69) is 15.3 Å². The monoisotopic (exact) mass is 297 g/mol. The Bertz CT molecular complexity index is 434. The average molecular weight is 298 g/mol. The quantitative estimate of drug-likeness (QED) is 0.670. The van der Waals surface area contributed by atoms with Gasteiger partial charge in [0, 0.05) is 12.7 Å². The van der Waals surface area contributed by atoms with E-state index >= 15 is 0 Å². The predicted molar refractivity (Wildman–Crippen MR) is 76.8 cm³/mol. The van der Waals surface area contributed by atoms with Crippen molar-refractivity contribution in [3.05, 3.63) is 23.2 Å². The van der Waals surface area contributed by atoms with E-state index < -0.39 is 0 Å². The van der Waals surface area contributed by atoms with Crippen molar-refractivity contribution in [2.24, 2.45) is 0 Å². The van der Waals surface area contributed by atoms with E-state index in [1.807, 2.05) is 0 Å². The van der Waals surface area contributed by atoms with Gasteiger partial charge in [0.2, 0.25) is 0 Å². The van der Waals surface area contributed by atoms with Gasteiger partial charge in [-0.15, -0.1) is 0 Å². The van der Waals surface area contributed by atoms with Gasteiger partial charge in [-0.25, -0.2) is 9.97 Å². The van der Waals surface area contributed by atoms with E-state index in [0.717, 1.165) is 12.8 Å². The van der Waals surface area contributed by atoms with Gasteiger partial charge in [0.05, 0.1) is 17.7 Å². The number of aromatic nitrogens is 2. The SMILES string of the molecule is O=C(NCCOC1CCCCCC1)c1ncncc1Cl. The van der Waals surface area contributed by atoms with E-state index in [4.69, 9.17) is 16.3 Å². The van der Waals surface area contributed by atoms with Crippen LogP contribution >= 0.6 is 11.6 Å². The van der Waals surface area contributed by atoms with Crippen LogP contribution in [0.3, 0.4) is 0 Å². The van der Waals surface area contributed by atoms with Gasteiger partial charge in [-0.3, -0.25) is 4.79 Å². The Morgan fingerprint density at radius 3 is 2.80 bits per heavy atom. The summed E-state index contributed by atoms with van der Waals surface area (Å²) in [6.45, 7) is 0.995. The van der Waals surface area contributed by atoms with Gasteiger partial charge >= 0.3 is 0 Å². The number of halogens is 1. The van der Waals surface area contributed by atoms with Crippen LogP contribution in [0.2, 0.25) is 5.02 Å². The van der Waals surface area contributed by atoms with Crippen LogP contribution in [-0.4, -0.2) is 35.1 Å². The van der Waals surface area contributed by atoms with Gasteiger partial charge in [-0.2, -0.15) is 0 Å². The fourth-order valence-electron chi connectivity index (χ4n) is 2.36. The Kier molecular flexibility index (Phi) is 6.21. The normalized spacial score (nSPS) is 16.6. The van der Waals surface area contributed by atoms with Gasteiger partial charge in [-0.05, 0) is 12.8 Å². The molecule has 1 aliphatic carbocycles. The standard InChI is InChI=1S/C14H20ClN3O2/c15-12-9-16-10-18-13(12)14(19)17-7-8-20-11-5-3-1-2-4-6-11/h9-11H,1-8H2,(H,17,19). The van der Waals surface area contributed by atoms with E-state index in [1.165, 1.54) is 38.2 Å². The Hall–Kier alpha value is -1.20. The first-order valence-electron chi connectivity index (χ1n) is 7.12. The number of hydrogen-bond donors (Lipinski definition) is 1. The number of ether oxygens (including phenoxy) is 1. The highest BCUT2D eigenvalue weighted by Gasteiger charge is 2.13. The summed E-state index contributed by atoms with van der Waals surface area (Å²) in [6.07, 6.45) is 10.4. The predicted octanol–water partition coefficient (Wildman–Crippen LogP) is 2.60. The molecule has 1 aliphatic rings. The molecule has 5 nitrogen and oxygen atoms in total. The third-order valence-electron chi connectivity index (χ3n) is 3.43. The number of rotatable bonds is 5. The first kappa shape index (κ1) is 15.2. The van der Waals surface area contributed by atoms with Crippen molar-refractivity contribution < 1.29 is 9.53 Å². The molecule has 0 atom stereocenters. The van der Waals surface area contributed by atoms with E-state index in [1.54, 1.807) is 0 Å². The molecular formula is C14H20ClN3O2. The molecule has 0 unspecified atom stereocenters. The molecule has 6 heteroatoms. The lowest BCUT2D eigenvalue weighted by Gasteiger charge is -2.15. The molecular weight excluding hydrogens is 278 g/mol. The fourth-order valence-corrected chi connectivity index (χ4v) is 2.55. The summed E-state index contributed by atoms with van der Waals surface area (Å²) in [6, 6.07) is 0. The summed E-state index contributed by atoms with van der Waals surface area (Å²) < 4.78 is 5.80. The molecule has 1 fully saturated rings. The van der Waals surface area contributed by atoms with Crippen molar-refractivity contribution in [2.75, 3.05) is 13.2 Å². The Morgan fingerprint density at radius 1 is 1.35 bits per heavy atom. The maximum absolute atomic E-state index is 11.8. The second kappa shape index (κ2) is 8.17. The van der Waals surface area contributed by atoms with Gasteiger partial charge in [-0.1, -0.05) is 37.3 Å². The Balaban J connectivity index is 1.68. The summed E-state index contributed by atoms with van der Waals surface area (Å²) in [7, 11) is 0. The molecule has 1 N–H and O–H groups in total. The average Bonchev–Trinajstić information content (AvgIpc) is 2.72. The van der Waals surface area contributed by atoms with Crippen LogP contribution in [0.5, 0.6) is 0 Å². The summed E-state index contributed by atoms with van der Waals surface area (Å²) >= 11 is 5.85. The highest BCUT2D eigenvalue weighted by atomic mass is 35.5. The number of hydrogen-bond acceptors (Lipinski definition) is 4. The molecule has 0 aromatic carbocycles. The molecule has 1 aromatic heterocycles. The van der Waals surface area contributed by atoms with E-state index in [9.17, 15) is 4.79 Å². The zero-order valence-electron chi connectivity index (χ0n) is 11.5. The molecule has 0 radical (unpaired) electrons. The first-order valence-corrected chi connectivity index (χ1v) is 7.50. The summed E-state index contributed by atoms with van der Waals surface area (Å²) in [5.74, 6) is -0.290. The molecule has 0 saturated heterocycles. The van der Waals surface area contributed by atoms with Crippen molar-refractivity contribution in [2.45, 2.75) is 44.6 Å². The van der Waals surface area contributed by atoms with Crippen molar-refractivity contribution in [1.29, 1.82) is 0 Å². The van der Waals surface area contributed by atoms with Gasteiger partial charge < -0.3 is 10.1 Å². The molecule has 2 rings (SSSR count). The Morgan fingerprint density at radius 2 is 2.10 bits per heavy atom. The molecule has 1 amide bonds. The van der Waals surface area contributed by atoms with Crippen LogP contribution in [-0.2, 0) is 4.74 Å². The van der Waals surface area contributed by atoms with Crippen LogP contribution in [0, 0.1) is 0 Å². The fraction of sp³-hybridized carbons (Fsp3) is 0.643. The lowest BCUT2D eigenvalue weighted by molar-refractivity contribution is 0.0441. The van der Waals surface area contributed by atoms with Crippen molar-refractivity contribution >= 4 is 17.5 Å². The van der Waals surface area contributed by atoms with Gasteiger partial charge in [0.1, 0.15) is 12.0 Å². The second-order valence-corrected chi connectivity index (χ2v) is 5.37. The van der Waals surface area contributed by atoms with E-state index in [-0.39, 0.29) is 16.6 Å².